The molecule has 0 fully saturated rings. The summed E-state index contributed by atoms with van der Waals surface area (Å²) in [4.78, 5) is 12.4. The van der Waals surface area contributed by atoms with E-state index in [2.05, 4.69) is 55.6 Å². The van der Waals surface area contributed by atoms with Gasteiger partial charge in [-0.15, -0.1) is 0 Å². The lowest BCUT2D eigenvalue weighted by Crippen LogP contribution is -2.45. The number of allylic oxidation sites excluding steroid dienone is 7. The van der Waals surface area contributed by atoms with E-state index in [9.17, 15) is 15.0 Å². The third kappa shape index (κ3) is 43.3. The highest BCUT2D eigenvalue weighted by atomic mass is 16.3. The molecule has 55 heavy (non-hydrogen) atoms. The van der Waals surface area contributed by atoms with Crippen LogP contribution in [-0.4, -0.2) is 34.9 Å². The van der Waals surface area contributed by atoms with Crippen LogP contribution in [-0.2, 0) is 4.79 Å². The minimum atomic E-state index is -0.868. The number of hydrogen-bond donors (Lipinski definition) is 3. The van der Waals surface area contributed by atoms with Gasteiger partial charge in [0, 0.05) is 6.42 Å². The van der Waals surface area contributed by atoms with Gasteiger partial charge in [0.25, 0.3) is 0 Å². The Hall–Kier alpha value is -1.65. The van der Waals surface area contributed by atoms with Crippen LogP contribution >= 0.6 is 0 Å². The normalized spacial score (nSPS) is 13.3. The summed E-state index contributed by atoms with van der Waals surface area (Å²) in [5.41, 5.74) is 0. The van der Waals surface area contributed by atoms with Gasteiger partial charge in [0.2, 0.25) is 5.91 Å². The predicted molar refractivity (Wildman–Crippen MR) is 244 cm³/mol. The smallest absolute Gasteiger partial charge is 0.220 e. The lowest BCUT2D eigenvalue weighted by atomic mass is 10.0. The number of rotatable bonds is 44. The zero-order valence-electron chi connectivity index (χ0n) is 36.9. The van der Waals surface area contributed by atoms with Crippen molar-refractivity contribution in [3.63, 3.8) is 0 Å². The van der Waals surface area contributed by atoms with Gasteiger partial charge in [-0.25, -0.2) is 0 Å². The van der Waals surface area contributed by atoms with Crippen molar-refractivity contribution in [2.24, 2.45) is 0 Å². The number of carbonyl (C=O) groups excluding carboxylic acids is 1. The monoisotopic (exact) mass is 770 g/mol. The minimum Gasteiger partial charge on any atom is -0.394 e. The Bertz CT molecular complexity index is 877. The first-order valence-corrected chi connectivity index (χ1v) is 24.4. The molecular weight excluding hydrogens is 675 g/mol. The van der Waals surface area contributed by atoms with E-state index in [0.717, 1.165) is 38.5 Å². The van der Waals surface area contributed by atoms with Gasteiger partial charge in [0.15, 0.2) is 0 Å². The van der Waals surface area contributed by atoms with Crippen molar-refractivity contribution >= 4 is 5.91 Å². The van der Waals surface area contributed by atoms with Gasteiger partial charge in [0.05, 0.1) is 18.8 Å². The van der Waals surface area contributed by atoms with E-state index >= 15 is 0 Å². The van der Waals surface area contributed by atoms with Gasteiger partial charge in [-0.2, -0.15) is 0 Å². The fourth-order valence-corrected chi connectivity index (χ4v) is 7.25. The van der Waals surface area contributed by atoms with Gasteiger partial charge >= 0.3 is 0 Å². The molecular formula is C51H95NO3. The molecule has 0 aromatic rings. The van der Waals surface area contributed by atoms with E-state index in [0.29, 0.717) is 6.42 Å². The summed E-state index contributed by atoms with van der Waals surface area (Å²) in [6, 6.07) is -0.644. The lowest BCUT2D eigenvalue weighted by Gasteiger charge is -2.19. The van der Waals surface area contributed by atoms with E-state index < -0.39 is 12.1 Å². The summed E-state index contributed by atoms with van der Waals surface area (Å²) < 4.78 is 0. The Balaban J connectivity index is 3.47. The fourth-order valence-electron chi connectivity index (χ4n) is 7.25. The Morgan fingerprint density at radius 1 is 0.418 bits per heavy atom. The summed E-state index contributed by atoms with van der Waals surface area (Å²) in [6.45, 7) is 4.25. The Morgan fingerprint density at radius 2 is 0.727 bits per heavy atom. The molecule has 0 aliphatic heterocycles. The predicted octanol–water partition coefficient (Wildman–Crippen LogP) is 15.5. The standard InChI is InChI=1S/C51H95NO3/c1-3-5-7-9-11-13-15-17-18-19-20-21-22-23-24-25-26-27-28-29-30-31-32-33-34-35-37-39-41-43-45-47-51(55)52-49(48-53)50(54)46-44-42-40-38-36-16-14-12-10-8-6-4-2/h10,12,23-24,36,38,44,46,49-50,53-54H,3-9,11,13-22,25-35,37,39-43,45,47-48H2,1-2H3,(H,52,55)/b12-10+,24-23-,38-36+,46-44+. The largest absolute Gasteiger partial charge is 0.394 e. The van der Waals surface area contributed by atoms with Crippen LogP contribution in [0.4, 0.5) is 0 Å². The molecule has 0 saturated carbocycles. The van der Waals surface area contributed by atoms with Crippen molar-refractivity contribution < 1.29 is 15.0 Å². The van der Waals surface area contributed by atoms with Crippen LogP contribution in [0.1, 0.15) is 251 Å². The number of amides is 1. The Labute approximate surface area is 344 Å². The Kier molecular flexibility index (Phi) is 45.3. The molecule has 3 N–H and O–H groups in total. The second kappa shape index (κ2) is 46.7. The summed E-state index contributed by atoms with van der Waals surface area (Å²) in [5, 5.41) is 22.9. The zero-order valence-corrected chi connectivity index (χ0v) is 36.9. The number of unbranched alkanes of at least 4 members (excludes halogenated alkanes) is 31. The van der Waals surface area contributed by atoms with Gasteiger partial charge in [-0.1, -0.05) is 229 Å². The second-order valence-corrected chi connectivity index (χ2v) is 16.5. The molecule has 0 aromatic heterocycles. The number of carbonyl (C=O) groups is 1. The van der Waals surface area contributed by atoms with E-state index in [4.69, 9.17) is 0 Å². The molecule has 0 heterocycles. The van der Waals surface area contributed by atoms with Crippen LogP contribution in [0.3, 0.4) is 0 Å². The number of aliphatic hydroxyl groups is 2. The molecule has 322 valence electrons. The maximum Gasteiger partial charge on any atom is 0.220 e. The van der Waals surface area contributed by atoms with E-state index in [-0.39, 0.29) is 12.5 Å². The van der Waals surface area contributed by atoms with Gasteiger partial charge in [-0.05, 0) is 64.2 Å². The van der Waals surface area contributed by atoms with E-state index in [1.54, 1.807) is 6.08 Å². The molecule has 0 bridgehead atoms. The third-order valence-corrected chi connectivity index (χ3v) is 11.0. The van der Waals surface area contributed by atoms with Gasteiger partial charge in [-0.3, -0.25) is 4.79 Å². The number of aliphatic hydroxyl groups excluding tert-OH is 2. The van der Waals surface area contributed by atoms with Crippen molar-refractivity contribution in [2.75, 3.05) is 6.61 Å². The third-order valence-electron chi connectivity index (χ3n) is 11.0. The van der Waals surface area contributed by atoms with Crippen molar-refractivity contribution in [3.05, 3.63) is 48.6 Å². The molecule has 4 heteroatoms. The van der Waals surface area contributed by atoms with Crippen molar-refractivity contribution in [1.82, 2.24) is 5.32 Å². The van der Waals surface area contributed by atoms with Crippen LogP contribution < -0.4 is 5.32 Å². The van der Waals surface area contributed by atoms with Gasteiger partial charge in [0.1, 0.15) is 0 Å². The van der Waals surface area contributed by atoms with E-state index in [1.807, 2.05) is 6.08 Å². The molecule has 0 aromatic carbocycles. The molecule has 2 atom stereocenters. The number of hydrogen-bond acceptors (Lipinski definition) is 3. The number of nitrogens with one attached hydrogen (secondary N) is 1. The minimum absolute atomic E-state index is 0.0780. The van der Waals surface area contributed by atoms with Crippen molar-refractivity contribution in [1.29, 1.82) is 0 Å². The van der Waals surface area contributed by atoms with Crippen LogP contribution in [0.15, 0.2) is 48.6 Å². The maximum absolute atomic E-state index is 12.4. The molecule has 2 unspecified atom stereocenters. The van der Waals surface area contributed by atoms with Crippen LogP contribution in [0, 0.1) is 0 Å². The first-order chi connectivity index (χ1) is 27.2. The quantitative estimate of drug-likeness (QED) is 0.0427. The molecule has 0 rings (SSSR count). The maximum atomic E-state index is 12.4. The Morgan fingerprint density at radius 3 is 1.11 bits per heavy atom. The average Bonchev–Trinajstić information content (AvgIpc) is 3.19. The molecule has 0 spiro atoms. The summed E-state index contributed by atoms with van der Waals surface area (Å²) in [6.07, 6.45) is 64.0. The van der Waals surface area contributed by atoms with Crippen LogP contribution in [0.5, 0.6) is 0 Å². The van der Waals surface area contributed by atoms with Crippen molar-refractivity contribution in [3.8, 4) is 0 Å². The summed E-state index contributed by atoms with van der Waals surface area (Å²) >= 11 is 0. The topological polar surface area (TPSA) is 69.6 Å². The highest BCUT2D eigenvalue weighted by Gasteiger charge is 2.17. The van der Waals surface area contributed by atoms with Crippen LogP contribution in [0.25, 0.3) is 0 Å². The molecule has 0 aliphatic carbocycles. The highest BCUT2D eigenvalue weighted by molar-refractivity contribution is 5.76. The average molecular weight is 770 g/mol. The summed E-state index contributed by atoms with van der Waals surface area (Å²) in [5.74, 6) is -0.0780. The van der Waals surface area contributed by atoms with Crippen LogP contribution in [0.2, 0.25) is 0 Å². The molecule has 1 amide bonds. The lowest BCUT2D eigenvalue weighted by molar-refractivity contribution is -0.123. The first kappa shape index (κ1) is 53.4. The first-order valence-electron chi connectivity index (χ1n) is 24.4. The molecule has 0 saturated heterocycles. The molecule has 0 radical (unpaired) electrons. The second-order valence-electron chi connectivity index (χ2n) is 16.5. The van der Waals surface area contributed by atoms with Gasteiger partial charge < -0.3 is 15.5 Å². The molecule has 0 aliphatic rings. The highest BCUT2D eigenvalue weighted by Crippen LogP contribution is 2.16. The summed E-state index contributed by atoms with van der Waals surface area (Å²) in [7, 11) is 0. The fraction of sp³-hybridized carbons (Fsp3) is 0.824. The zero-order chi connectivity index (χ0) is 40.0. The molecule has 4 nitrogen and oxygen atoms in total. The SMILES string of the molecule is CCCC/C=C/CC/C=C/CC/C=C/C(O)C(CO)NC(=O)CCCCCCCCCCCCCCCCC/C=C\CCCCCCCCCCCCCC. The van der Waals surface area contributed by atoms with Crippen molar-refractivity contribution in [2.45, 2.75) is 264 Å². The van der Waals surface area contributed by atoms with E-state index in [1.165, 1.54) is 193 Å².